The van der Waals surface area contributed by atoms with Crippen LogP contribution < -0.4 is 10.6 Å². The molecule has 0 aromatic heterocycles. The van der Waals surface area contributed by atoms with Crippen LogP contribution in [0.5, 0.6) is 5.75 Å². The highest BCUT2D eigenvalue weighted by Crippen LogP contribution is 2.27. The number of nitrogens with one attached hydrogen (secondary N) is 2. The largest absolute Gasteiger partial charge is 0.506 e. The highest BCUT2D eigenvalue weighted by atomic mass is 79.9. The Morgan fingerprint density at radius 2 is 2.25 bits per heavy atom. The van der Waals surface area contributed by atoms with Crippen molar-refractivity contribution in [3.8, 4) is 5.75 Å². The molecular weight excluding hydrogens is 272 g/mol. The van der Waals surface area contributed by atoms with E-state index in [1.807, 2.05) is 12.1 Å². The molecular formula is C11H15BrN2O2. The Hall–Kier alpha value is -1.07. The molecule has 5 heteroatoms. The fraction of sp³-hybridized carbons (Fsp3) is 0.364. The molecule has 0 aliphatic carbocycles. The van der Waals surface area contributed by atoms with Crippen molar-refractivity contribution in [2.24, 2.45) is 0 Å². The molecule has 1 aromatic rings. The number of phenols is 1. The van der Waals surface area contributed by atoms with Crippen LogP contribution in [0.15, 0.2) is 22.7 Å². The van der Waals surface area contributed by atoms with Gasteiger partial charge in [0.1, 0.15) is 5.75 Å². The van der Waals surface area contributed by atoms with Crippen LogP contribution in [0.25, 0.3) is 0 Å². The van der Waals surface area contributed by atoms with E-state index in [0.717, 1.165) is 5.56 Å². The van der Waals surface area contributed by atoms with Crippen molar-refractivity contribution in [2.45, 2.75) is 19.5 Å². The molecule has 0 radical (unpaired) electrons. The second-order valence-electron chi connectivity index (χ2n) is 3.46. The Kier molecular flexibility index (Phi) is 4.76. The molecule has 88 valence electrons. The van der Waals surface area contributed by atoms with Gasteiger partial charge in [0.05, 0.1) is 10.5 Å². The molecule has 0 saturated heterocycles. The van der Waals surface area contributed by atoms with Crippen molar-refractivity contribution < 1.29 is 9.90 Å². The normalized spacial score (nSPS) is 12.2. The molecule has 0 aliphatic heterocycles. The zero-order valence-corrected chi connectivity index (χ0v) is 10.8. The lowest BCUT2D eigenvalue weighted by atomic mass is 10.2. The van der Waals surface area contributed by atoms with Crippen molar-refractivity contribution >= 4 is 21.8 Å². The number of likely N-dealkylation sites (N-methyl/N-ethyl adjacent to an activating group) is 1. The van der Waals surface area contributed by atoms with Gasteiger partial charge in [0.25, 0.3) is 0 Å². The predicted octanol–water partition coefficient (Wildman–Crippen LogP) is 1.38. The SMILES string of the molecule is CNC(=O)[C@@H](C)NCc1cccc(Br)c1O. The Bertz CT molecular complexity index is 382. The summed E-state index contributed by atoms with van der Waals surface area (Å²) in [4.78, 5) is 11.2. The molecule has 1 atom stereocenters. The lowest BCUT2D eigenvalue weighted by Gasteiger charge is -2.13. The summed E-state index contributed by atoms with van der Waals surface area (Å²) < 4.78 is 0.652. The van der Waals surface area contributed by atoms with E-state index >= 15 is 0 Å². The Labute approximate surface area is 103 Å². The van der Waals surface area contributed by atoms with Gasteiger partial charge in [-0.25, -0.2) is 0 Å². The van der Waals surface area contributed by atoms with Gasteiger partial charge in [0, 0.05) is 19.2 Å². The first-order valence-electron chi connectivity index (χ1n) is 4.97. The molecule has 0 saturated carbocycles. The Morgan fingerprint density at radius 3 is 2.88 bits per heavy atom. The van der Waals surface area contributed by atoms with Crippen LogP contribution in [0.1, 0.15) is 12.5 Å². The molecule has 4 nitrogen and oxygen atoms in total. The fourth-order valence-corrected chi connectivity index (χ4v) is 1.68. The summed E-state index contributed by atoms with van der Waals surface area (Å²) in [6.07, 6.45) is 0. The number of rotatable bonds is 4. The average molecular weight is 287 g/mol. The average Bonchev–Trinajstić information content (AvgIpc) is 2.29. The van der Waals surface area contributed by atoms with Crippen molar-refractivity contribution in [1.82, 2.24) is 10.6 Å². The topological polar surface area (TPSA) is 61.4 Å². The van der Waals surface area contributed by atoms with Crippen LogP contribution in [0, 0.1) is 0 Å². The van der Waals surface area contributed by atoms with E-state index in [1.54, 1.807) is 20.0 Å². The molecule has 1 aromatic carbocycles. The van der Waals surface area contributed by atoms with Gasteiger partial charge in [0.15, 0.2) is 0 Å². The second-order valence-corrected chi connectivity index (χ2v) is 4.32. The minimum Gasteiger partial charge on any atom is -0.506 e. The number of hydrogen-bond acceptors (Lipinski definition) is 3. The van der Waals surface area contributed by atoms with Crippen molar-refractivity contribution in [3.05, 3.63) is 28.2 Å². The summed E-state index contributed by atoms with van der Waals surface area (Å²) in [6.45, 7) is 2.22. The molecule has 16 heavy (non-hydrogen) atoms. The maximum Gasteiger partial charge on any atom is 0.236 e. The number of phenolic OH excluding ortho intramolecular Hbond substituents is 1. The first-order valence-corrected chi connectivity index (χ1v) is 5.77. The van der Waals surface area contributed by atoms with E-state index in [2.05, 4.69) is 26.6 Å². The van der Waals surface area contributed by atoms with Gasteiger partial charge < -0.3 is 15.7 Å². The van der Waals surface area contributed by atoms with Gasteiger partial charge in [-0.2, -0.15) is 0 Å². The third-order valence-electron chi connectivity index (χ3n) is 2.31. The molecule has 3 N–H and O–H groups in total. The standard InChI is InChI=1S/C11H15BrN2O2/c1-7(11(16)13-2)14-6-8-4-3-5-9(12)10(8)15/h3-5,7,14-15H,6H2,1-2H3,(H,13,16)/t7-/m1/s1. The molecule has 0 bridgehead atoms. The molecule has 0 heterocycles. The molecule has 0 unspecified atom stereocenters. The first-order chi connectivity index (χ1) is 7.56. The van der Waals surface area contributed by atoms with Gasteiger partial charge in [-0.3, -0.25) is 4.79 Å². The summed E-state index contributed by atoms with van der Waals surface area (Å²) >= 11 is 3.24. The maximum absolute atomic E-state index is 11.2. The summed E-state index contributed by atoms with van der Waals surface area (Å²) in [5, 5.41) is 15.3. The maximum atomic E-state index is 11.2. The van der Waals surface area contributed by atoms with E-state index in [9.17, 15) is 9.90 Å². The van der Waals surface area contributed by atoms with Crippen LogP contribution in [0.3, 0.4) is 0 Å². The highest BCUT2D eigenvalue weighted by Gasteiger charge is 2.11. The van der Waals surface area contributed by atoms with Crippen LogP contribution in [0.4, 0.5) is 0 Å². The minimum absolute atomic E-state index is 0.0745. The fourth-order valence-electron chi connectivity index (χ4n) is 1.27. The number of carbonyl (C=O) groups is 1. The third kappa shape index (κ3) is 3.21. The van der Waals surface area contributed by atoms with Gasteiger partial charge in [-0.1, -0.05) is 12.1 Å². The zero-order chi connectivity index (χ0) is 12.1. The number of para-hydroxylation sites is 1. The number of benzene rings is 1. The van der Waals surface area contributed by atoms with Crippen LogP contribution in [-0.4, -0.2) is 24.1 Å². The Balaban J connectivity index is 2.61. The minimum atomic E-state index is -0.289. The van der Waals surface area contributed by atoms with Crippen molar-refractivity contribution in [2.75, 3.05) is 7.05 Å². The van der Waals surface area contributed by atoms with Crippen LogP contribution >= 0.6 is 15.9 Å². The molecule has 0 aliphatic rings. The predicted molar refractivity (Wildman–Crippen MR) is 66.2 cm³/mol. The van der Waals surface area contributed by atoms with E-state index in [-0.39, 0.29) is 17.7 Å². The lowest BCUT2D eigenvalue weighted by molar-refractivity contribution is -0.122. The second kappa shape index (κ2) is 5.86. The van der Waals surface area contributed by atoms with Crippen molar-refractivity contribution in [3.63, 3.8) is 0 Å². The van der Waals surface area contributed by atoms with Crippen LogP contribution in [0.2, 0.25) is 0 Å². The summed E-state index contributed by atoms with van der Waals surface area (Å²) in [7, 11) is 1.59. The summed E-state index contributed by atoms with van der Waals surface area (Å²) in [5.41, 5.74) is 0.755. The summed E-state index contributed by atoms with van der Waals surface area (Å²) in [6, 6.07) is 5.12. The van der Waals surface area contributed by atoms with E-state index < -0.39 is 0 Å². The van der Waals surface area contributed by atoms with E-state index in [0.29, 0.717) is 11.0 Å². The number of amides is 1. The smallest absolute Gasteiger partial charge is 0.236 e. The highest BCUT2D eigenvalue weighted by molar-refractivity contribution is 9.10. The molecule has 0 spiro atoms. The van der Waals surface area contributed by atoms with Gasteiger partial charge in [-0.15, -0.1) is 0 Å². The number of halogens is 1. The molecule has 1 rings (SSSR count). The van der Waals surface area contributed by atoms with Gasteiger partial charge >= 0.3 is 0 Å². The number of hydrogen-bond donors (Lipinski definition) is 3. The number of aromatic hydroxyl groups is 1. The molecule has 1 amide bonds. The quantitative estimate of drug-likeness (QED) is 0.784. The van der Waals surface area contributed by atoms with E-state index in [4.69, 9.17) is 0 Å². The van der Waals surface area contributed by atoms with Crippen molar-refractivity contribution in [1.29, 1.82) is 0 Å². The lowest BCUT2D eigenvalue weighted by Crippen LogP contribution is -2.40. The summed E-state index contributed by atoms with van der Waals surface area (Å²) in [5.74, 6) is 0.133. The van der Waals surface area contributed by atoms with Gasteiger partial charge in [-0.05, 0) is 28.9 Å². The van der Waals surface area contributed by atoms with Crippen LogP contribution in [-0.2, 0) is 11.3 Å². The third-order valence-corrected chi connectivity index (χ3v) is 2.95. The van der Waals surface area contributed by atoms with Gasteiger partial charge in [0.2, 0.25) is 5.91 Å². The zero-order valence-electron chi connectivity index (χ0n) is 9.25. The first kappa shape index (κ1) is 13.0. The monoisotopic (exact) mass is 286 g/mol. The van der Waals surface area contributed by atoms with E-state index in [1.165, 1.54) is 0 Å². The molecule has 0 fully saturated rings. The Morgan fingerprint density at radius 1 is 1.56 bits per heavy atom. The number of carbonyl (C=O) groups excluding carboxylic acids is 1.